The fraction of sp³-hybridized carbons (Fsp3) is 0.455. The minimum atomic E-state index is -0.382. The van der Waals surface area contributed by atoms with Crippen LogP contribution in [0.25, 0.3) is 0 Å². The molecule has 0 N–H and O–H groups in total. The summed E-state index contributed by atoms with van der Waals surface area (Å²) in [5.41, 5.74) is 0.874. The average molecular weight is 263 g/mol. The van der Waals surface area contributed by atoms with Crippen molar-refractivity contribution in [2.24, 2.45) is 0 Å². The third kappa shape index (κ3) is 2.43. The van der Waals surface area contributed by atoms with Crippen LogP contribution in [0.2, 0.25) is 5.02 Å². The van der Waals surface area contributed by atoms with E-state index in [1.54, 1.807) is 19.2 Å². The topological polar surface area (TPSA) is 27.7 Å². The molecule has 2 unspecified atom stereocenters. The highest BCUT2D eigenvalue weighted by molar-refractivity contribution is 6.32. The average Bonchev–Trinajstić information content (AvgIpc) is 2.77. The lowest BCUT2D eigenvalue weighted by molar-refractivity contribution is -0.0567. The molecule has 2 rings (SSSR count). The lowest BCUT2D eigenvalue weighted by Gasteiger charge is -2.12. The molecule has 88 valence electrons. The van der Waals surface area contributed by atoms with E-state index in [9.17, 15) is 0 Å². The Labute approximate surface area is 104 Å². The zero-order valence-electron chi connectivity index (χ0n) is 8.78. The van der Waals surface area contributed by atoms with Gasteiger partial charge < -0.3 is 14.2 Å². The molecular weight excluding hydrogens is 251 g/mol. The smallest absolute Gasteiger partial charge is 0.184 e. The molecule has 2 atom stereocenters. The number of methoxy groups -OCH3 is 1. The van der Waals surface area contributed by atoms with E-state index in [1.807, 2.05) is 6.07 Å². The van der Waals surface area contributed by atoms with E-state index in [4.69, 9.17) is 37.4 Å². The lowest BCUT2D eigenvalue weighted by atomic mass is 10.2. The van der Waals surface area contributed by atoms with Gasteiger partial charge in [-0.2, -0.15) is 0 Å². The first-order valence-corrected chi connectivity index (χ1v) is 5.82. The van der Waals surface area contributed by atoms with Crippen LogP contribution in [0.5, 0.6) is 5.75 Å². The number of alkyl halides is 1. The van der Waals surface area contributed by atoms with E-state index in [0.717, 1.165) is 5.56 Å². The molecule has 3 nitrogen and oxygen atoms in total. The van der Waals surface area contributed by atoms with E-state index in [0.29, 0.717) is 23.3 Å². The van der Waals surface area contributed by atoms with Crippen LogP contribution in [0.1, 0.15) is 11.9 Å². The van der Waals surface area contributed by atoms with Crippen LogP contribution in [0, 0.1) is 0 Å². The highest BCUT2D eigenvalue weighted by Gasteiger charge is 2.26. The lowest BCUT2D eigenvalue weighted by Crippen LogP contribution is -2.10. The van der Waals surface area contributed by atoms with E-state index in [1.165, 1.54) is 0 Å². The first-order valence-electron chi connectivity index (χ1n) is 4.91. The minimum absolute atomic E-state index is 0.0486. The largest absolute Gasteiger partial charge is 0.495 e. The van der Waals surface area contributed by atoms with Crippen molar-refractivity contribution in [2.75, 3.05) is 19.6 Å². The van der Waals surface area contributed by atoms with Crippen LogP contribution in [-0.4, -0.2) is 25.7 Å². The van der Waals surface area contributed by atoms with Crippen molar-refractivity contribution in [2.45, 2.75) is 12.4 Å². The molecule has 0 aromatic heterocycles. The van der Waals surface area contributed by atoms with Gasteiger partial charge in [-0.15, -0.1) is 11.6 Å². The van der Waals surface area contributed by atoms with Gasteiger partial charge in [-0.25, -0.2) is 0 Å². The summed E-state index contributed by atoms with van der Waals surface area (Å²) in [5, 5.41) is 0.543. The Morgan fingerprint density at radius 1 is 1.50 bits per heavy atom. The third-order valence-electron chi connectivity index (χ3n) is 2.37. The van der Waals surface area contributed by atoms with Gasteiger partial charge in [-0.05, 0) is 12.1 Å². The molecule has 16 heavy (non-hydrogen) atoms. The number of halogens is 2. The summed E-state index contributed by atoms with van der Waals surface area (Å²) in [4.78, 5) is 0. The van der Waals surface area contributed by atoms with Crippen molar-refractivity contribution < 1.29 is 14.2 Å². The molecule has 5 heteroatoms. The van der Waals surface area contributed by atoms with Crippen molar-refractivity contribution >= 4 is 23.2 Å². The van der Waals surface area contributed by atoms with Gasteiger partial charge in [0, 0.05) is 5.56 Å². The van der Waals surface area contributed by atoms with Crippen LogP contribution < -0.4 is 4.74 Å². The van der Waals surface area contributed by atoms with Gasteiger partial charge in [0.1, 0.15) is 5.75 Å². The second kappa shape index (κ2) is 5.23. The molecule has 0 saturated carbocycles. The molecule has 1 heterocycles. The number of hydrogen-bond acceptors (Lipinski definition) is 3. The first kappa shape index (κ1) is 12.0. The van der Waals surface area contributed by atoms with E-state index in [2.05, 4.69) is 0 Å². The van der Waals surface area contributed by atoms with Crippen LogP contribution in [0.3, 0.4) is 0 Å². The zero-order valence-corrected chi connectivity index (χ0v) is 10.3. The van der Waals surface area contributed by atoms with Gasteiger partial charge in [0.25, 0.3) is 0 Å². The van der Waals surface area contributed by atoms with Gasteiger partial charge >= 0.3 is 0 Å². The molecule has 1 aromatic rings. The SMILES string of the molecule is COc1ccc(C2OCC(CCl)O2)cc1Cl. The minimum Gasteiger partial charge on any atom is -0.495 e. The molecule has 1 aliphatic heterocycles. The Morgan fingerprint density at radius 2 is 2.31 bits per heavy atom. The second-order valence-corrected chi connectivity index (χ2v) is 4.19. The van der Waals surface area contributed by atoms with Crippen LogP contribution >= 0.6 is 23.2 Å². The Kier molecular flexibility index (Phi) is 3.92. The Morgan fingerprint density at radius 3 is 2.88 bits per heavy atom. The van der Waals surface area contributed by atoms with Gasteiger partial charge in [-0.1, -0.05) is 17.7 Å². The van der Waals surface area contributed by atoms with Crippen molar-refractivity contribution in [3.8, 4) is 5.75 Å². The monoisotopic (exact) mass is 262 g/mol. The molecule has 0 radical (unpaired) electrons. The number of ether oxygens (including phenoxy) is 3. The van der Waals surface area contributed by atoms with Crippen LogP contribution in [0.15, 0.2) is 18.2 Å². The summed E-state index contributed by atoms with van der Waals surface area (Å²) < 4.78 is 16.1. The highest BCUT2D eigenvalue weighted by Crippen LogP contribution is 2.32. The van der Waals surface area contributed by atoms with Crippen LogP contribution in [0.4, 0.5) is 0 Å². The summed E-state index contributed by atoms with van der Waals surface area (Å²) >= 11 is 11.7. The zero-order chi connectivity index (χ0) is 11.5. The maximum Gasteiger partial charge on any atom is 0.184 e. The second-order valence-electron chi connectivity index (χ2n) is 3.47. The Balaban J connectivity index is 2.13. The highest BCUT2D eigenvalue weighted by atomic mass is 35.5. The summed E-state index contributed by atoms with van der Waals surface area (Å²) in [7, 11) is 1.58. The molecule has 1 aromatic carbocycles. The molecular formula is C11H12Cl2O3. The van der Waals surface area contributed by atoms with Crippen molar-refractivity contribution in [1.29, 1.82) is 0 Å². The maximum atomic E-state index is 6.02. The van der Waals surface area contributed by atoms with Crippen molar-refractivity contribution in [3.05, 3.63) is 28.8 Å². The van der Waals surface area contributed by atoms with Gasteiger partial charge in [0.2, 0.25) is 0 Å². The molecule has 1 fully saturated rings. The molecule has 0 aliphatic carbocycles. The maximum absolute atomic E-state index is 6.02. The molecule has 0 bridgehead atoms. The number of benzene rings is 1. The summed E-state index contributed by atoms with van der Waals surface area (Å²) in [5.74, 6) is 1.07. The summed E-state index contributed by atoms with van der Waals surface area (Å²) in [6, 6.07) is 5.44. The predicted octanol–water partition coefficient (Wildman–Crippen LogP) is 3.00. The van der Waals surface area contributed by atoms with Crippen molar-refractivity contribution in [1.82, 2.24) is 0 Å². The molecule has 0 spiro atoms. The van der Waals surface area contributed by atoms with E-state index >= 15 is 0 Å². The number of rotatable bonds is 3. The summed E-state index contributed by atoms with van der Waals surface area (Å²) in [6.07, 6.45) is -0.431. The normalized spacial score (nSPS) is 24.7. The fourth-order valence-electron chi connectivity index (χ4n) is 1.53. The standard InChI is InChI=1S/C11H12Cl2O3/c1-14-10-3-2-7(4-9(10)13)11-15-6-8(5-12)16-11/h2-4,8,11H,5-6H2,1H3. The van der Waals surface area contributed by atoms with E-state index < -0.39 is 0 Å². The first-order chi connectivity index (χ1) is 7.74. The van der Waals surface area contributed by atoms with Crippen molar-refractivity contribution in [3.63, 3.8) is 0 Å². The van der Waals surface area contributed by atoms with Crippen LogP contribution in [-0.2, 0) is 9.47 Å². The van der Waals surface area contributed by atoms with Gasteiger partial charge in [-0.3, -0.25) is 0 Å². The quantitative estimate of drug-likeness (QED) is 0.784. The molecule has 0 amide bonds. The molecule has 1 saturated heterocycles. The van der Waals surface area contributed by atoms with Gasteiger partial charge in [0.05, 0.1) is 30.7 Å². The fourth-order valence-corrected chi connectivity index (χ4v) is 1.96. The third-order valence-corrected chi connectivity index (χ3v) is 3.01. The summed E-state index contributed by atoms with van der Waals surface area (Å²) in [6.45, 7) is 0.512. The predicted molar refractivity (Wildman–Crippen MR) is 62.3 cm³/mol. The Bertz CT molecular complexity index is 370. The van der Waals surface area contributed by atoms with Gasteiger partial charge in [0.15, 0.2) is 6.29 Å². The molecule has 1 aliphatic rings. The Hall–Kier alpha value is -0.480. The number of hydrogen-bond donors (Lipinski definition) is 0. The van der Waals surface area contributed by atoms with E-state index in [-0.39, 0.29) is 12.4 Å².